The number of hydrogen-bond acceptors (Lipinski definition) is 3. The molecule has 1 saturated heterocycles. The van der Waals surface area contributed by atoms with E-state index in [9.17, 15) is 14.4 Å². The Labute approximate surface area is 183 Å². The van der Waals surface area contributed by atoms with Crippen LogP contribution in [0, 0.1) is 5.92 Å². The van der Waals surface area contributed by atoms with Gasteiger partial charge in [0.05, 0.1) is 6.04 Å². The van der Waals surface area contributed by atoms with Crippen LogP contribution in [0.1, 0.15) is 55.8 Å². The highest BCUT2D eigenvalue weighted by atomic mass is 16.2. The summed E-state index contributed by atoms with van der Waals surface area (Å²) in [6, 6.07) is 16.9. The lowest BCUT2D eigenvalue weighted by Crippen LogP contribution is -2.47. The molecule has 2 N–H and O–H groups in total. The van der Waals surface area contributed by atoms with Crippen LogP contribution in [-0.4, -0.2) is 29.3 Å². The summed E-state index contributed by atoms with van der Waals surface area (Å²) >= 11 is 0. The van der Waals surface area contributed by atoms with E-state index in [2.05, 4.69) is 24.5 Å². The summed E-state index contributed by atoms with van der Waals surface area (Å²) in [5.74, 6) is -0.289. The van der Waals surface area contributed by atoms with Crippen molar-refractivity contribution in [2.24, 2.45) is 5.92 Å². The van der Waals surface area contributed by atoms with Gasteiger partial charge in [0, 0.05) is 0 Å². The second-order valence-electron chi connectivity index (χ2n) is 8.90. The van der Waals surface area contributed by atoms with Crippen molar-refractivity contribution < 1.29 is 14.4 Å². The Kier molecular flexibility index (Phi) is 5.81. The van der Waals surface area contributed by atoms with Crippen molar-refractivity contribution in [2.75, 3.05) is 6.54 Å². The van der Waals surface area contributed by atoms with E-state index < -0.39 is 11.6 Å². The summed E-state index contributed by atoms with van der Waals surface area (Å²) in [4.78, 5) is 40.1. The molecule has 31 heavy (non-hydrogen) atoms. The van der Waals surface area contributed by atoms with Crippen LogP contribution in [0.3, 0.4) is 0 Å². The van der Waals surface area contributed by atoms with Crippen molar-refractivity contribution in [3.63, 3.8) is 0 Å². The quantitative estimate of drug-likeness (QED) is 0.701. The van der Waals surface area contributed by atoms with Crippen LogP contribution in [0.4, 0.5) is 4.79 Å². The van der Waals surface area contributed by atoms with Gasteiger partial charge in [0.2, 0.25) is 5.91 Å². The van der Waals surface area contributed by atoms with Crippen LogP contribution in [-0.2, 0) is 21.5 Å². The Bertz CT molecular complexity index is 989. The summed E-state index contributed by atoms with van der Waals surface area (Å²) in [5.41, 5.74) is 1.89. The third-order valence-electron chi connectivity index (χ3n) is 6.20. The van der Waals surface area contributed by atoms with Crippen molar-refractivity contribution in [3.8, 4) is 0 Å². The average molecular weight is 420 g/mol. The Morgan fingerprint density at radius 3 is 2.55 bits per heavy atom. The monoisotopic (exact) mass is 419 g/mol. The van der Waals surface area contributed by atoms with Crippen molar-refractivity contribution >= 4 is 17.8 Å². The van der Waals surface area contributed by atoms with Crippen molar-refractivity contribution in [2.45, 2.75) is 51.1 Å². The largest absolute Gasteiger partial charge is 0.348 e. The first-order valence-electron chi connectivity index (χ1n) is 11.0. The molecule has 0 radical (unpaired) electrons. The van der Waals surface area contributed by atoms with Crippen molar-refractivity contribution in [1.82, 2.24) is 15.5 Å². The molecule has 4 rings (SSSR count). The fourth-order valence-electron chi connectivity index (χ4n) is 4.77. The second-order valence-corrected chi connectivity index (χ2v) is 8.90. The number of benzene rings is 2. The van der Waals surface area contributed by atoms with E-state index in [0.717, 1.165) is 40.9 Å². The smallest absolute Gasteiger partial charge is 0.325 e. The van der Waals surface area contributed by atoms with E-state index in [0.29, 0.717) is 12.3 Å². The molecule has 1 fully saturated rings. The summed E-state index contributed by atoms with van der Waals surface area (Å²) in [7, 11) is 0. The van der Waals surface area contributed by atoms with E-state index in [1.165, 1.54) is 0 Å². The number of imide groups is 1. The number of fused-ring (bicyclic) bond motifs is 2. The van der Waals surface area contributed by atoms with Crippen LogP contribution in [0.5, 0.6) is 0 Å². The number of amides is 4. The first-order valence-corrected chi connectivity index (χ1v) is 11.0. The summed E-state index contributed by atoms with van der Waals surface area (Å²) in [5, 5.41) is 5.94. The van der Waals surface area contributed by atoms with Gasteiger partial charge in [-0.15, -0.1) is 0 Å². The van der Waals surface area contributed by atoms with Crippen LogP contribution in [0.2, 0.25) is 0 Å². The van der Waals surface area contributed by atoms with E-state index in [1.54, 1.807) is 0 Å². The zero-order valence-electron chi connectivity index (χ0n) is 18.1. The SMILES string of the molecule is CC(C)C[C@H](NC(=O)CN1C(=O)N[C@]2(CCCc3ccccc32)C1=O)c1ccccc1. The van der Waals surface area contributed by atoms with E-state index in [-0.39, 0.29) is 24.4 Å². The highest BCUT2D eigenvalue weighted by Crippen LogP contribution is 2.39. The molecular formula is C25H29N3O3. The third-order valence-corrected chi connectivity index (χ3v) is 6.20. The van der Waals surface area contributed by atoms with E-state index >= 15 is 0 Å². The average Bonchev–Trinajstić information content (AvgIpc) is 2.98. The lowest BCUT2D eigenvalue weighted by Gasteiger charge is -2.33. The molecular weight excluding hydrogens is 390 g/mol. The van der Waals surface area contributed by atoms with Gasteiger partial charge in [-0.05, 0) is 48.3 Å². The number of carbonyl (C=O) groups is 3. The molecule has 6 nitrogen and oxygen atoms in total. The normalized spacial score (nSPS) is 21.2. The molecule has 1 heterocycles. The van der Waals surface area contributed by atoms with Crippen LogP contribution in [0.25, 0.3) is 0 Å². The van der Waals surface area contributed by atoms with Crippen molar-refractivity contribution in [3.05, 3.63) is 71.3 Å². The lowest BCUT2D eigenvalue weighted by atomic mass is 9.76. The highest BCUT2D eigenvalue weighted by molar-refractivity contribution is 6.09. The molecule has 0 bridgehead atoms. The molecule has 1 aliphatic heterocycles. The number of carbonyl (C=O) groups excluding carboxylic acids is 3. The second kappa shape index (κ2) is 8.53. The molecule has 0 unspecified atom stereocenters. The maximum absolute atomic E-state index is 13.4. The van der Waals surface area contributed by atoms with Gasteiger partial charge < -0.3 is 10.6 Å². The molecule has 6 heteroatoms. The predicted molar refractivity (Wildman–Crippen MR) is 118 cm³/mol. The van der Waals surface area contributed by atoms with E-state index in [4.69, 9.17) is 0 Å². The van der Waals surface area contributed by atoms with Crippen LogP contribution >= 0.6 is 0 Å². The molecule has 2 aromatic carbocycles. The molecule has 1 spiro atoms. The minimum atomic E-state index is -1.05. The van der Waals surface area contributed by atoms with Crippen LogP contribution < -0.4 is 10.6 Å². The molecule has 4 amide bonds. The number of urea groups is 1. The van der Waals surface area contributed by atoms with Gasteiger partial charge >= 0.3 is 6.03 Å². The van der Waals surface area contributed by atoms with Gasteiger partial charge in [0.1, 0.15) is 12.1 Å². The van der Waals surface area contributed by atoms with Gasteiger partial charge in [0.15, 0.2) is 0 Å². The fraction of sp³-hybridized carbons (Fsp3) is 0.400. The molecule has 2 aliphatic rings. The van der Waals surface area contributed by atoms with Gasteiger partial charge in [0.25, 0.3) is 5.91 Å². The summed E-state index contributed by atoms with van der Waals surface area (Å²) in [6.45, 7) is 3.92. The number of hydrogen-bond donors (Lipinski definition) is 2. The molecule has 1 aliphatic carbocycles. The zero-order chi connectivity index (χ0) is 22.0. The Balaban J connectivity index is 1.51. The number of rotatable bonds is 6. The standard InChI is InChI=1S/C25H29N3O3/c1-17(2)15-21(19-10-4-3-5-11-19)26-22(29)16-28-23(30)25(27-24(28)31)14-8-12-18-9-6-7-13-20(18)25/h3-7,9-11,13,17,21H,8,12,14-16H2,1-2H3,(H,26,29)(H,27,31)/t21-,25-/m0/s1. The molecule has 0 saturated carbocycles. The first-order chi connectivity index (χ1) is 14.9. The Morgan fingerprint density at radius 2 is 1.81 bits per heavy atom. The first kappa shape index (κ1) is 21.1. The summed E-state index contributed by atoms with van der Waals surface area (Å²) < 4.78 is 0. The maximum atomic E-state index is 13.4. The van der Waals surface area contributed by atoms with Gasteiger partial charge in [-0.2, -0.15) is 0 Å². The minimum Gasteiger partial charge on any atom is -0.348 e. The number of aryl methyl sites for hydroxylation is 1. The Morgan fingerprint density at radius 1 is 1.10 bits per heavy atom. The highest BCUT2D eigenvalue weighted by Gasteiger charge is 2.54. The number of nitrogens with zero attached hydrogens (tertiary/aromatic N) is 1. The van der Waals surface area contributed by atoms with Gasteiger partial charge in [-0.3, -0.25) is 14.5 Å². The minimum absolute atomic E-state index is 0.168. The fourth-order valence-corrected chi connectivity index (χ4v) is 4.77. The maximum Gasteiger partial charge on any atom is 0.325 e. The zero-order valence-corrected chi connectivity index (χ0v) is 18.1. The van der Waals surface area contributed by atoms with Gasteiger partial charge in [-0.1, -0.05) is 68.4 Å². The van der Waals surface area contributed by atoms with E-state index in [1.807, 2.05) is 54.6 Å². The predicted octanol–water partition coefficient (Wildman–Crippen LogP) is 3.67. The number of nitrogens with one attached hydrogen (secondary N) is 2. The Hall–Kier alpha value is -3.15. The summed E-state index contributed by atoms with van der Waals surface area (Å²) in [6.07, 6.45) is 3.02. The molecule has 162 valence electrons. The molecule has 0 aromatic heterocycles. The molecule has 2 aromatic rings. The van der Waals surface area contributed by atoms with Gasteiger partial charge in [-0.25, -0.2) is 4.79 Å². The van der Waals surface area contributed by atoms with Crippen LogP contribution in [0.15, 0.2) is 54.6 Å². The third kappa shape index (κ3) is 4.07. The van der Waals surface area contributed by atoms with Crippen molar-refractivity contribution in [1.29, 1.82) is 0 Å². The molecule has 2 atom stereocenters. The lowest BCUT2D eigenvalue weighted by molar-refractivity contribution is -0.135. The topological polar surface area (TPSA) is 78.5 Å².